The topological polar surface area (TPSA) is 55.1 Å². The van der Waals surface area contributed by atoms with Gasteiger partial charge in [-0.15, -0.1) is 0 Å². The highest BCUT2D eigenvalue weighted by Gasteiger charge is 2.17. The van der Waals surface area contributed by atoms with Crippen LogP contribution >= 0.6 is 15.9 Å². The monoisotopic (exact) mass is 312 g/mol. The molecule has 1 heterocycles. The minimum Gasteiger partial charge on any atom is -0.478 e. The van der Waals surface area contributed by atoms with Gasteiger partial charge in [0.05, 0.1) is 4.47 Å². The Morgan fingerprint density at radius 1 is 1.56 bits per heavy atom. The first-order valence-corrected chi connectivity index (χ1v) is 6.08. The molecule has 6 heteroatoms. The van der Waals surface area contributed by atoms with Crippen LogP contribution in [0.2, 0.25) is 0 Å². The maximum Gasteiger partial charge on any atom is 0.339 e. The molecule has 1 aromatic carbocycles. The van der Waals surface area contributed by atoms with E-state index in [1.165, 1.54) is 29.1 Å². The lowest BCUT2D eigenvalue weighted by atomic mass is 10.1. The Bertz CT molecular complexity index is 610. The highest BCUT2D eigenvalue weighted by Crippen LogP contribution is 2.26. The van der Waals surface area contributed by atoms with E-state index in [2.05, 4.69) is 21.0 Å². The number of nitrogens with zero attached hydrogens (tertiary/aromatic N) is 2. The van der Waals surface area contributed by atoms with Crippen molar-refractivity contribution in [2.75, 3.05) is 0 Å². The Balaban J connectivity index is 2.58. The zero-order valence-corrected chi connectivity index (χ0v) is 11.1. The molecule has 18 heavy (non-hydrogen) atoms. The highest BCUT2D eigenvalue weighted by atomic mass is 79.9. The van der Waals surface area contributed by atoms with Crippen molar-refractivity contribution in [2.45, 2.75) is 13.5 Å². The second-order valence-corrected chi connectivity index (χ2v) is 4.54. The third kappa shape index (κ3) is 2.28. The molecule has 0 spiro atoms. The largest absolute Gasteiger partial charge is 0.478 e. The van der Waals surface area contributed by atoms with Gasteiger partial charge in [-0.1, -0.05) is 0 Å². The molecule has 0 amide bonds. The molecule has 1 N–H and O–H groups in total. The maximum absolute atomic E-state index is 13.2. The Hall–Kier alpha value is -1.69. The third-order valence-corrected chi connectivity index (χ3v) is 3.12. The number of aromatic carboxylic acids is 1. The van der Waals surface area contributed by atoms with E-state index in [1.54, 1.807) is 0 Å². The summed E-state index contributed by atoms with van der Waals surface area (Å²) in [7, 11) is 0. The summed E-state index contributed by atoms with van der Waals surface area (Å²) in [6.07, 6.45) is 1.47. The molecular weight excluding hydrogens is 303 g/mol. The molecule has 4 nitrogen and oxygen atoms in total. The molecule has 0 fully saturated rings. The molecule has 0 aliphatic heterocycles. The Morgan fingerprint density at radius 3 is 2.83 bits per heavy atom. The second-order valence-electron chi connectivity index (χ2n) is 3.68. The van der Waals surface area contributed by atoms with Crippen LogP contribution < -0.4 is 0 Å². The van der Waals surface area contributed by atoms with Crippen LogP contribution in [0.15, 0.2) is 28.9 Å². The van der Waals surface area contributed by atoms with Crippen molar-refractivity contribution in [1.82, 2.24) is 9.78 Å². The normalized spacial score (nSPS) is 10.6. The van der Waals surface area contributed by atoms with Crippen LogP contribution in [-0.4, -0.2) is 20.9 Å². The van der Waals surface area contributed by atoms with E-state index in [-0.39, 0.29) is 10.0 Å². The zero-order chi connectivity index (χ0) is 13.3. The molecule has 0 unspecified atom stereocenters. The first-order chi connectivity index (χ1) is 8.52. The van der Waals surface area contributed by atoms with Crippen molar-refractivity contribution >= 4 is 21.9 Å². The van der Waals surface area contributed by atoms with Gasteiger partial charge in [0, 0.05) is 18.3 Å². The molecule has 0 aliphatic carbocycles. The summed E-state index contributed by atoms with van der Waals surface area (Å²) in [5.41, 5.74) is 1.01. The summed E-state index contributed by atoms with van der Waals surface area (Å²) in [5.74, 6) is -1.45. The van der Waals surface area contributed by atoms with E-state index >= 15 is 0 Å². The molecule has 0 saturated heterocycles. The quantitative estimate of drug-likeness (QED) is 0.947. The Morgan fingerprint density at radius 2 is 2.28 bits per heavy atom. The lowest BCUT2D eigenvalue weighted by molar-refractivity contribution is 0.0697. The first kappa shape index (κ1) is 12.8. The fourth-order valence-corrected chi connectivity index (χ4v) is 1.98. The van der Waals surface area contributed by atoms with Crippen molar-refractivity contribution in [3.63, 3.8) is 0 Å². The highest BCUT2D eigenvalue weighted by molar-refractivity contribution is 9.10. The van der Waals surface area contributed by atoms with E-state index in [1.807, 2.05) is 6.92 Å². The zero-order valence-electron chi connectivity index (χ0n) is 9.52. The van der Waals surface area contributed by atoms with E-state index < -0.39 is 11.8 Å². The number of halogens is 2. The average molecular weight is 313 g/mol. The second kappa shape index (κ2) is 4.89. The lowest BCUT2D eigenvalue weighted by Crippen LogP contribution is -1.96. The molecule has 0 saturated carbocycles. The fourth-order valence-electron chi connectivity index (χ4n) is 1.60. The van der Waals surface area contributed by atoms with Gasteiger partial charge in [0.25, 0.3) is 0 Å². The number of rotatable bonds is 3. The van der Waals surface area contributed by atoms with Crippen LogP contribution in [0.5, 0.6) is 0 Å². The van der Waals surface area contributed by atoms with Gasteiger partial charge >= 0.3 is 5.97 Å². The smallest absolute Gasteiger partial charge is 0.339 e. The van der Waals surface area contributed by atoms with Crippen LogP contribution in [0.3, 0.4) is 0 Å². The number of hydrogen-bond donors (Lipinski definition) is 1. The number of hydrogen-bond acceptors (Lipinski definition) is 2. The van der Waals surface area contributed by atoms with Crippen LogP contribution in [0.4, 0.5) is 4.39 Å². The first-order valence-electron chi connectivity index (χ1n) is 5.29. The van der Waals surface area contributed by atoms with Crippen molar-refractivity contribution in [1.29, 1.82) is 0 Å². The molecular formula is C12H10BrFN2O2. The summed E-state index contributed by atoms with van der Waals surface area (Å²) in [5, 5.41) is 13.3. The summed E-state index contributed by atoms with van der Waals surface area (Å²) in [4.78, 5) is 11.1. The predicted octanol–water partition coefficient (Wildman–Crippen LogP) is 3.17. The molecule has 1 aromatic heterocycles. The molecule has 2 rings (SSSR count). The van der Waals surface area contributed by atoms with Gasteiger partial charge < -0.3 is 5.11 Å². The number of carboxylic acids is 1. The van der Waals surface area contributed by atoms with Crippen molar-refractivity contribution in [3.8, 4) is 11.3 Å². The number of benzene rings is 1. The number of aryl methyl sites for hydroxylation is 1. The lowest BCUT2D eigenvalue weighted by Gasteiger charge is -2.01. The van der Waals surface area contributed by atoms with Crippen LogP contribution in [0, 0.1) is 5.82 Å². The summed E-state index contributed by atoms with van der Waals surface area (Å²) < 4.78 is 15.0. The van der Waals surface area contributed by atoms with E-state index in [9.17, 15) is 9.18 Å². The average Bonchev–Trinajstić information content (AvgIpc) is 2.77. The van der Waals surface area contributed by atoms with Gasteiger partial charge in [0.1, 0.15) is 17.1 Å². The van der Waals surface area contributed by atoms with E-state index in [4.69, 9.17) is 5.11 Å². The number of aromatic nitrogens is 2. The van der Waals surface area contributed by atoms with Gasteiger partial charge in [0.15, 0.2) is 0 Å². The van der Waals surface area contributed by atoms with Crippen molar-refractivity contribution in [3.05, 3.63) is 40.2 Å². The summed E-state index contributed by atoms with van der Waals surface area (Å²) in [6.45, 7) is 2.44. The van der Waals surface area contributed by atoms with Crippen LogP contribution in [0.25, 0.3) is 11.3 Å². The van der Waals surface area contributed by atoms with Crippen molar-refractivity contribution < 1.29 is 14.3 Å². The van der Waals surface area contributed by atoms with Crippen molar-refractivity contribution in [2.24, 2.45) is 0 Å². The van der Waals surface area contributed by atoms with Gasteiger partial charge in [-0.2, -0.15) is 5.10 Å². The number of carboxylic acid groups (broad SMARTS) is 1. The number of carbonyl (C=O) groups is 1. The maximum atomic E-state index is 13.2. The fraction of sp³-hybridized carbons (Fsp3) is 0.167. The minimum absolute atomic E-state index is 0.107. The van der Waals surface area contributed by atoms with Crippen LogP contribution in [-0.2, 0) is 6.54 Å². The molecule has 0 radical (unpaired) electrons. The molecule has 0 bridgehead atoms. The van der Waals surface area contributed by atoms with Gasteiger partial charge in [-0.05, 0) is 41.1 Å². The van der Waals surface area contributed by atoms with Gasteiger partial charge in [-0.3, -0.25) is 4.68 Å². The Labute approximate surface area is 111 Å². The molecule has 0 aliphatic rings. The van der Waals surface area contributed by atoms with Gasteiger partial charge in [0.2, 0.25) is 0 Å². The van der Waals surface area contributed by atoms with Crippen LogP contribution in [0.1, 0.15) is 17.3 Å². The molecule has 94 valence electrons. The van der Waals surface area contributed by atoms with E-state index in [0.717, 1.165) is 0 Å². The molecule has 0 atom stereocenters. The minimum atomic E-state index is -1.05. The SMILES string of the molecule is CCn1cc(C(=O)O)c(-c2ccc(F)c(Br)c2)n1. The standard InChI is InChI=1S/C12H10BrFN2O2/c1-2-16-6-8(12(17)18)11(15-16)7-3-4-10(14)9(13)5-7/h3-6H,2H2,1H3,(H,17,18). The Kier molecular flexibility index (Phi) is 3.47. The summed E-state index contributed by atoms with van der Waals surface area (Å²) >= 11 is 3.07. The predicted molar refractivity (Wildman–Crippen MR) is 68.0 cm³/mol. The van der Waals surface area contributed by atoms with Gasteiger partial charge in [-0.25, -0.2) is 9.18 Å². The summed E-state index contributed by atoms with van der Waals surface area (Å²) in [6, 6.07) is 4.30. The van der Waals surface area contributed by atoms with E-state index in [0.29, 0.717) is 17.8 Å². The third-order valence-electron chi connectivity index (χ3n) is 2.51. The molecule has 2 aromatic rings.